The van der Waals surface area contributed by atoms with E-state index in [9.17, 15) is 0 Å². The zero-order valence-corrected chi connectivity index (χ0v) is 23.8. The highest BCUT2D eigenvalue weighted by molar-refractivity contribution is 7.11. The van der Waals surface area contributed by atoms with Gasteiger partial charge in [0.25, 0.3) is 0 Å². The van der Waals surface area contributed by atoms with Crippen molar-refractivity contribution >= 4 is 39.3 Å². The monoisotopic (exact) mass is 472 g/mol. The van der Waals surface area contributed by atoms with Gasteiger partial charge in [0.2, 0.25) is 0 Å². The van der Waals surface area contributed by atoms with Gasteiger partial charge < -0.3 is 8.85 Å². The van der Waals surface area contributed by atoms with Gasteiger partial charge >= 0.3 is 0 Å². The lowest BCUT2D eigenvalue weighted by atomic mass is 10.2. The summed E-state index contributed by atoms with van der Waals surface area (Å²) in [5, 5.41) is 4.72. The molecule has 0 saturated heterocycles. The molecule has 2 heterocycles. The fourth-order valence-corrected chi connectivity index (χ4v) is 5.01. The van der Waals surface area contributed by atoms with Crippen LogP contribution in [0.25, 0.3) is 0 Å². The van der Waals surface area contributed by atoms with Gasteiger partial charge in [-0.25, -0.2) is 9.97 Å². The van der Waals surface area contributed by atoms with Crippen LogP contribution in [0.4, 0.5) is 0 Å². The summed E-state index contributed by atoms with van der Waals surface area (Å²) in [4.78, 5) is 9.79. The molecule has 0 saturated carbocycles. The summed E-state index contributed by atoms with van der Waals surface area (Å²) in [6.07, 6.45) is 3.74. The number of nitrogens with zero attached hydrogens (tertiary/aromatic N) is 2. The largest absolute Gasteiger partial charge is 0.410 e. The molecule has 0 atom stereocenters. The van der Waals surface area contributed by atoms with Crippen molar-refractivity contribution < 1.29 is 8.85 Å². The van der Waals surface area contributed by atoms with Crippen molar-refractivity contribution in [3.63, 3.8) is 0 Å². The number of hydrogen-bond acceptors (Lipinski definition) is 6. The molecule has 0 aliphatic carbocycles. The van der Waals surface area contributed by atoms with E-state index in [1.54, 1.807) is 22.7 Å². The molecule has 166 valence electrons. The highest BCUT2D eigenvalue weighted by atomic mass is 32.1. The highest BCUT2D eigenvalue weighted by Gasteiger charge is 2.38. The maximum atomic E-state index is 6.08. The minimum absolute atomic E-state index is 0.277. The van der Waals surface area contributed by atoms with Crippen molar-refractivity contribution in [2.75, 3.05) is 0 Å². The molecule has 0 N–H and O–H groups in total. The number of aromatic nitrogens is 2. The molecule has 0 aliphatic rings. The van der Waals surface area contributed by atoms with Crippen molar-refractivity contribution in [2.45, 2.75) is 97.9 Å². The number of thiazole rings is 2. The van der Waals surface area contributed by atoms with Gasteiger partial charge in [-0.1, -0.05) is 41.5 Å². The van der Waals surface area contributed by atoms with Crippen molar-refractivity contribution in [1.29, 1.82) is 0 Å². The fourth-order valence-electron chi connectivity index (χ4n) is 1.71. The lowest BCUT2D eigenvalue weighted by Crippen LogP contribution is -2.40. The third-order valence-electron chi connectivity index (χ3n) is 5.88. The molecule has 0 bridgehead atoms. The lowest BCUT2D eigenvalue weighted by molar-refractivity contribution is 0.275. The molecule has 0 unspecified atom stereocenters. The molecule has 0 amide bonds. The van der Waals surface area contributed by atoms with Crippen LogP contribution in [-0.4, -0.2) is 26.6 Å². The standard InChI is InChI=1S/C11H21NOSSi.C10H19NOSSi/c1-9-7-12-10(14-9)8-13-15(5,6)11(2,3)4;1-10(2,3)14(4,5)12-8-9-11-6-7-13-9/h7H,8H2,1-6H3;6-7H,8H2,1-5H3. The van der Waals surface area contributed by atoms with Gasteiger partial charge in [-0.15, -0.1) is 22.7 Å². The summed E-state index contributed by atoms with van der Waals surface area (Å²) in [5.41, 5.74) is 0. The van der Waals surface area contributed by atoms with E-state index in [2.05, 4.69) is 84.6 Å². The van der Waals surface area contributed by atoms with Gasteiger partial charge in [0.15, 0.2) is 16.6 Å². The van der Waals surface area contributed by atoms with E-state index >= 15 is 0 Å². The smallest absolute Gasteiger partial charge is 0.192 e. The van der Waals surface area contributed by atoms with Crippen LogP contribution < -0.4 is 0 Å². The third-order valence-corrected chi connectivity index (χ3v) is 16.5. The van der Waals surface area contributed by atoms with E-state index in [0.29, 0.717) is 13.2 Å². The van der Waals surface area contributed by atoms with Crippen molar-refractivity contribution in [2.24, 2.45) is 0 Å². The second kappa shape index (κ2) is 10.3. The van der Waals surface area contributed by atoms with Gasteiger partial charge in [0.05, 0.1) is 13.2 Å². The van der Waals surface area contributed by atoms with E-state index in [1.807, 2.05) is 17.8 Å². The van der Waals surface area contributed by atoms with Crippen LogP contribution in [-0.2, 0) is 22.1 Å². The molecule has 0 aromatic carbocycles. The minimum atomic E-state index is -1.61. The van der Waals surface area contributed by atoms with Gasteiger partial charge in [-0.2, -0.15) is 0 Å². The Bertz CT molecular complexity index is 731. The predicted octanol–water partition coefficient (Wildman–Crippen LogP) is 7.64. The van der Waals surface area contributed by atoms with Crippen molar-refractivity contribution in [3.8, 4) is 0 Å². The third kappa shape index (κ3) is 8.71. The van der Waals surface area contributed by atoms with Crippen LogP contribution in [0.2, 0.25) is 36.3 Å². The highest BCUT2D eigenvalue weighted by Crippen LogP contribution is 2.38. The first-order valence-corrected chi connectivity index (χ1v) is 17.6. The van der Waals surface area contributed by atoms with E-state index < -0.39 is 16.6 Å². The van der Waals surface area contributed by atoms with Gasteiger partial charge in [0, 0.05) is 22.7 Å². The minimum Gasteiger partial charge on any atom is -0.410 e. The molecule has 8 heteroatoms. The average molecular weight is 473 g/mol. The summed E-state index contributed by atoms with van der Waals surface area (Å²) in [6.45, 7) is 26.0. The van der Waals surface area contributed by atoms with Crippen LogP contribution in [0.5, 0.6) is 0 Å². The molecule has 0 spiro atoms. The molecule has 0 fully saturated rings. The maximum absolute atomic E-state index is 6.08. The first-order chi connectivity index (χ1) is 13.1. The Hall–Kier alpha value is -0.386. The molecule has 2 rings (SSSR count). The molecular formula is C21H40N2O2S2Si2. The van der Waals surface area contributed by atoms with Crippen molar-refractivity contribution in [3.05, 3.63) is 32.7 Å². The molecular weight excluding hydrogens is 433 g/mol. The normalized spacial score (nSPS) is 13.2. The van der Waals surface area contributed by atoms with E-state index in [-0.39, 0.29) is 10.1 Å². The Morgan fingerprint density at radius 3 is 1.66 bits per heavy atom. The molecule has 2 aromatic heterocycles. The molecule has 2 aromatic rings. The molecule has 0 aliphatic heterocycles. The summed E-state index contributed by atoms with van der Waals surface area (Å²) >= 11 is 3.39. The van der Waals surface area contributed by atoms with Crippen molar-refractivity contribution in [1.82, 2.24) is 9.97 Å². The Morgan fingerprint density at radius 2 is 1.31 bits per heavy atom. The fraction of sp³-hybridized carbons (Fsp3) is 0.714. The van der Waals surface area contributed by atoms with Crippen LogP contribution in [0.15, 0.2) is 17.8 Å². The number of aryl methyl sites for hydroxylation is 1. The summed E-state index contributed by atoms with van der Waals surface area (Å²) in [7, 11) is -3.21. The summed E-state index contributed by atoms with van der Waals surface area (Å²) in [6, 6.07) is 0. The second-order valence-corrected chi connectivity index (χ2v) is 22.3. The summed E-state index contributed by atoms with van der Waals surface area (Å²) in [5.74, 6) is 0. The van der Waals surface area contributed by atoms with Crippen LogP contribution in [0.1, 0.15) is 56.4 Å². The Labute approximate surface area is 188 Å². The number of hydrogen-bond donors (Lipinski definition) is 0. The predicted molar refractivity (Wildman–Crippen MR) is 133 cm³/mol. The first kappa shape index (κ1) is 26.6. The second-order valence-electron chi connectivity index (χ2n) is 10.4. The number of rotatable bonds is 6. The lowest BCUT2D eigenvalue weighted by Gasteiger charge is -2.35. The molecule has 29 heavy (non-hydrogen) atoms. The summed E-state index contributed by atoms with van der Waals surface area (Å²) < 4.78 is 12.1. The van der Waals surface area contributed by atoms with Gasteiger partial charge in [-0.3, -0.25) is 0 Å². The zero-order chi connectivity index (χ0) is 22.5. The molecule has 4 nitrogen and oxygen atoms in total. The zero-order valence-electron chi connectivity index (χ0n) is 20.2. The van der Waals surface area contributed by atoms with Gasteiger partial charge in [0.1, 0.15) is 10.0 Å². The Morgan fingerprint density at radius 1 is 0.828 bits per heavy atom. The van der Waals surface area contributed by atoms with Crippen LogP contribution >= 0.6 is 22.7 Å². The van der Waals surface area contributed by atoms with Gasteiger partial charge in [-0.05, 0) is 43.2 Å². The SMILES string of the molecule is CC(C)(C)[Si](C)(C)OCc1nccs1.Cc1cnc(CO[Si](C)(C)C(C)(C)C)s1. The Kier molecular flexibility index (Phi) is 9.45. The van der Waals surface area contributed by atoms with Crippen LogP contribution in [0.3, 0.4) is 0 Å². The van der Waals surface area contributed by atoms with Crippen LogP contribution in [0, 0.1) is 6.92 Å². The Balaban J connectivity index is 0.000000291. The van der Waals surface area contributed by atoms with E-state index in [1.165, 1.54) is 4.88 Å². The quantitative estimate of drug-likeness (QED) is 0.405. The first-order valence-electron chi connectivity index (χ1n) is 10.1. The molecule has 0 radical (unpaired) electrons. The topological polar surface area (TPSA) is 44.2 Å². The maximum Gasteiger partial charge on any atom is 0.192 e. The van der Waals surface area contributed by atoms with E-state index in [4.69, 9.17) is 8.85 Å². The average Bonchev–Trinajstić information content (AvgIpc) is 3.21. The van der Waals surface area contributed by atoms with E-state index in [0.717, 1.165) is 10.0 Å².